The molecule has 3 aromatic rings. The van der Waals surface area contributed by atoms with Crippen LogP contribution in [0.5, 0.6) is 17.4 Å². The second-order valence-corrected chi connectivity index (χ2v) is 5.74. The zero-order valence-corrected chi connectivity index (χ0v) is 15.4. The van der Waals surface area contributed by atoms with Crippen molar-refractivity contribution in [1.29, 1.82) is 0 Å². The first kappa shape index (κ1) is 20.1. The number of esters is 1. The van der Waals surface area contributed by atoms with Gasteiger partial charge in [-0.2, -0.15) is 18.2 Å². The van der Waals surface area contributed by atoms with E-state index in [0.717, 1.165) is 0 Å². The minimum absolute atomic E-state index is 0.0985. The van der Waals surface area contributed by atoms with Crippen molar-refractivity contribution in [2.45, 2.75) is 6.18 Å². The second-order valence-electron chi connectivity index (χ2n) is 5.74. The summed E-state index contributed by atoms with van der Waals surface area (Å²) in [6, 6.07) is 10.9. The van der Waals surface area contributed by atoms with Crippen LogP contribution in [0.3, 0.4) is 0 Å². The summed E-state index contributed by atoms with van der Waals surface area (Å²) in [5.41, 5.74) is 0.699. The van der Waals surface area contributed by atoms with Gasteiger partial charge >= 0.3 is 12.1 Å². The first-order valence-electron chi connectivity index (χ1n) is 8.27. The third-order valence-electron chi connectivity index (χ3n) is 3.83. The highest BCUT2D eigenvalue weighted by molar-refractivity contribution is 5.87. The number of hydrogen-bond acceptors (Lipinski definition) is 6. The molecule has 0 N–H and O–H groups in total. The molecule has 150 valence electrons. The number of para-hydroxylation sites is 1. The van der Waals surface area contributed by atoms with Gasteiger partial charge in [0.2, 0.25) is 11.7 Å². The maximum atomic E-state index is 13.2. The molecule has 2 aromatic carbocycles. The van der Waals surface area contributed by atoms with Gasteiger partial charge < -0.3 is 14.2 Å². The lowest BCUT2D eigenvalue weighted by Crippen LogP contribution is -2.12. The number of rotatable bonds is 5. The van der Waals surface area contributed by atoms with Gasteiger partial charge in [-0.05, 0) is 35.9 Å². The van der Waals surface area contributed by atoms with Gasteiger partial charge in [0, 0.05) is 6.08 Å². The zero-order valence-electron chi connectivity index (χ0n) is 15.4. The Morgan fingerprint density at radius 1 is 1.03 bits per heavy atom. The molecule has 0 saturated carbocycles. The lowest BCUT2D eigenvalue weighted by molar-refractivity contribution is -0.145. The van der Waals surface area contributed by atoms with Crippen LogP contribution in [0.1, 0.15) is 11.4 Å². The fraction of sp³-hybridized carbons (Fsp3) is 0.150. The predicted octanol–water partition coefficient (Wildman–Crippen LogP) is 4.64. The minimum atomic E-state index is -4.73. The Hall–Kier alpha value is -3.62. The molecule has 9 heteroatoms. The topological polar surface area (TPSA) is 70.5 Å². The van der Waals surface area contributed by atoms with Crippen molar-refractivity contribution in [3.8, 4) is 17.4 Å². The van der Waals surface area contributed by atoms with Crippen LogP contribution in [0.2, 0.25) is 0 Å². The lowest BCUT2D eigenvalue weighted by Gasteiger charge is -2.13. The normalized spacial score (nSPS) is 11.6. The Bertz CT molecular complexity index is 1080. The zero-order chi connectivity index (χ0) is 21.0. The van der Waals surface area contributed by atoms with E-state index in [0.29, 0.717) is 10.9 Å². The van der Waals surface area contributed by atoms with E-state index in [1.807, 2.05) is 0 Å². The first-order chi connectivity index (χ1) is 13.8. The molecule has 0 aliphatic carbocycles. The van der Waals surface area contributed by atoms with Gasteiger partial charge in [-0.15, -0.1) is 0 Å². The van der Waals surface area contributed by atoms with Crippen LogP contribution < -0.4 is 9.47 Å². The quantitative estimate of drug-likeness (QED) is 0.456. The predicted molar refractivity (Wildman–Crippen MR) is 98.7 cm³/mol. The van der Waals surface area contributed by atoms with Crippen molar-refractivity contribution in [3.63, 3.8) is 0 Å². The molecule has 1 heterocycles. The SMILES string of the molecule is COC(=O)/C=C/c1ccc(Oc2nc(C(F)(F)F)nc3ccccc23)c(OC)c1. The number of carbonyl (C=O) groups excluding carboxylic acids is 1. The monoisotopic (exact) mass is 404 g/mol. The lowest BCUT2D eigenvalue weighted by atomic mass is 10.2. The van der Waals surface area contributed by atoms with E-state index in [4.69, 9.17) is 9.47 Å². The fourth-order valence-corrected chi connectivity index (χ4v) is 2.46. The fourth-order valence-electron chi connectivity index (χ4n) is 2.46. The first-order valence-corrected chi connectivity index (χ1v) is 8.27. The Balaban J connectivity index is 2.02. The highest BCUT2D eigenvalue weighted by atomic mass is 19.4. The van der Waals surface area contributed by atoms with E-state index in [-0.39, 0.29) is 22.9 Å². The smallest absolute Gasteiger partial charge is 0.451 e. The van der Waals surface area contributed by atoms with E-state index in [1.165, 1.54) is 38.5 Å². The van der Waals surface area contributed by atoms with Crippen LogP contribution in [0.25, 0.3) is 17.0 Å². The maximum Gasteiger partial charge on any atom is 0.451 e. The number of methoxy groups -OCH3 is 2. The van der Waals surface area contributed by atoms with Gasteiger partial charge in [0.25, 0.3) is 0 Å². The third-order valence-corrected chi connectivity index (χ3v) is 3.83. The number of fused-ring (bicyclic) bond motifs is 1. The van der Waals surface area contributed by atoms with Gasteiger partial charge in [-0.1, -0.05) is 18.2 Å². The molecule has 0 fully saturated rings. The van der Waals surface area contributed by atoms with Crippen molar-refractivity contribution in [2.75, 3.05) is 14.2 Å². The van der Waals surface area contributed by atoms with Crippen LogP contribution in [0.15, 0.2) is 48.5 Å². The average molecular weight is 404 g/mol. The molecule has 0 amide bonds. The highest BCUT2D eigenvalue weighted by Gasteiger charge is 2.36. The standard InChI is InChI=1S/C20H15F3N2O4/c1-27-16-11-12(8-10-17(26)28-2)7-9-15(16)29-18-13-5-3-4-6-14(13)24-19(25-18)20(21,22)23/h3-11H,1-2H3/b10-8+. The molecule has 0 unspecified atom stereocenters. The Labute approximate surface area is 163 Å². The molecular weight excluding hydrogens is 389 g/mol. The van der Waals surface area contributed by atoms with Gasteiger partial charge in [-0.3, -0.25) is 0 Å². The molecular formula is C20H15F3N2O4. The van der Waals surface area contributed by atoms with Crippen LogP contribution in [-0.2, 0) is 15.7 Å². The second kappa shape index (κ2) is 8.17. The summed E-state index contributed by atoms with van der Waals surface area (Å²) in [6.07, 6.45) is -2.00. The van der Waals surface area contributed by atoms with Gasteiger partial charge in [0.15, 0.2) is 11.5 Å². The van der Waals surface area contributed by atoms with Crippen molar-refractivity contribution in [1.82, 2.24) is 9.97 Å². The molecule has 0 spiro atoms. The molecule has 1 aromatic heterocycles. The van der Waals surface area contributed by atoms with Gasteiger partial charge in [0.05, 0.1) is 25.1 Å². The Kier molecular flexibility index (Phi) is 5.67. The molecule has 0 saturated heterocycles. The summed E-state index contributed by atoms with van der Waals surface area (Å²) in [7, 11) is 2.64. The molecule has 6 nitrogen and oxygen atoms in total. The van der Waals surface area contributed by atoms with E-state index >= 15 is 0 Å². The number of alkyl halides is 3. The molecule has 0 atom stereocenters. The number of nitrogens with zero attached hydrogens (tertiary/aromatic N) is 2. The van der Waals surface area contributed by atoms with E-state index in [9.17, 15) is 18.0 Å². The number of halogens is 3. The summed E-state index contributed by atoms with van der Waals surface area (Å²) in [5.74, 6) is -1.69. The third kappa shape index (κ3) is 4.63. The molecule has 0 bridgehead atoms. The summed E-state index contributed by atoms with van der Waals surface area (Å²) >= 11 is 0. The van der Waals surface area contributed by atoms with Crippen molar-refractivity contribution in [3.05, 3.63) is 59.9 Å². The van der Waals surface area contributed by atoms with Crippen LogP contribution in [0, 0.1) is 0 Å². The van der Waals surface area contributed by atoms with Crippen molar-refractivity contribution >= 4 is 22.9 Å². The van der Waals surface area contributed by atoms with Crippen LogP contribution in [-0.4, -0.2) is 30.2 Å². The molecule has 0 aliphatic rings. The van der Waals surface area contributed by atoms with E-state index in [1.54, 1.807) is 30.3 Å². The van der Waals surface area contributed by atoms with Gasteiger partial charge in [-0.25, -0.2) is 9.78 Å². The van der Waals surface area contributed by atoms with Crippen molar-refractivity contribution in [2.24, 2.45) is 0 Å². The summed E-state index contributed by atoms with van der Waals surface area (Å²) < 4.78 is 54.9. The molecule has 29 heavy (non-hydrogen) atoms. The van der Waals surface area contributed by atoms with Crippen molar-refractivity contribution < 1.29 is 32.2 Å². The average Bonchev–Trinajstić information content (AvgIpc) is 2.71. The Morgan fingerprint density at radius 3 is 2.48 bits per heavy atom. The number of hydrogen-bond donors (Lipinski definition) is 0. The number of ether oxygens (including phenoxy) is 3. The number of benzene rings is 2. The van der Waals surface area contributed by atoms with E-state index < -0.39 is 18.0 Å². The van der Waals surface area contributed by atoms with Crippen LogP contribution >= 0.6 is 0 Å². The Morgan fingerprint density at radius 2 is 1.79 bits per heavy atom. The number of aromatic nitrogens is 2. The van der Waals surface area contributed by atoms with E-state index in [2.05, 4.69) is 14.7 Å². The maximum absolute atomic E-state index is 13.2. The number of carbonyl (C=O) groups is 1. The van der Waals surface area contributed by atoms with Crippen LogP contribution in [0.4, 0.5) is 13.2 Å². The highest BCUT2D eigenvalue weighted by Crippen LogP contribution is 2.36. The summed E-state index contributed by atoms with van der Waals surface area (Å²) in [6.45, 7) is 0. The molecule has 0 aliphatic heterocycles. The summed E-state index contributed by atoms with van der Waals surface area (Å²) in [4.78, 5) is 18.3. The minimum Gasteiger partial charge on any atom is -0.493 e. The molecule has 3 rings (SSSR count). The van der Waals surface area contributed by atoms with Gasteiger partial charge in [0.1, 0.15) is 0 Å². The largest absolute Gasteiger partial charge is 0.493 e. The summed E-state index contributed by atoms with van der Waals surface area (Å²) in [5, 5.41) is 0.317. The molecule has 0 radical (unpaired) electrons.